The number of halogens is 1. The molecule has 29 heavy (non-hydrogen) atoms. The number of esters is 1. The van der Waals surface area contributed by atoms with E-state index in [4.69, 9.17) is 15.2 Å². The lowest BCUT2D eigenvalue weighted by Gasteiger charge is -2.37. The Balaban J connectivity index is 1.65. The molecule has 0 aromatic heterocycles. The Morgan fingerprint density at radius 1 is 1.17 bits per heavy atom. The largest absolute Gasteiger partial charge is 0.463 e. The first-order chi connectivity index (χ1) is 13.8. The number of rotatable bonds is 7. The summed E-state index contributed by atoms with van der Waals surface area (Å²) < 4.78 is 23.6. The zero-order valence-corrected chi connectivity index (χ0v) is 16.7. The van der Waals surface area contributed by atoms with Gasteiger partial charge >= 0.3 is 5.97 Å². The summed E-state index contributed by atoms with van der Waals surface area (Å²) in [4.78, 5) is 41.1. The maximum absolute atomic E-state index is 13.1. The van der Waals surface area contributed by atoms with E-state index < -0.39 is 29.0 Å². The van der Waals surface area contributed by atoms with Crippen molar-refractivity contribution in [3.8, 4) is 0 Å². The molecule has 2 aliphatic heterocycles. The van der Waals surface area contributed by atoms with E-state index in [1.807, 2.05) is 11.8 Å². The first kappa shape index (κ1) is 21.0. The zero-order valence-electron chi connectivity index (χ0n) is 16.7. The Hall–Kier alpha value is -2.68. The highest BCUT2D eigenvalue weighted by molar-refractivity contribution is 6.17. The molecule has 2 unspecified atom stereocenters. The molecule has 0 saturated carbocycles. The van der Waals surface area contributed by atoms with Crippen LogP contribution in [0.25, 0.3) is 0 Å². The van der Waals surface area contributed by atoms with Crippen molar-refractivity contribution >= 4 is 23.5 Å². The Kier molecular flexibility index (Phi) is 5.79. The molecule has 9 heteroatoms. The molecule has 2 aliphatic rings. The third-order valence-electron chi connectivity index (χ3n) is 5.52. The molecule has 2 atom stereocenters. The molecule has 2 heterocycles. The number of carbonyl (C=O) groups excluding carboxylic acids is 3. The van der Waals surface area contributed by atoms with E-state index in [0.29, 0.717) is 32.6 Å². The van der Waals surface area contributed by atoms with E-state index in [1.165, 1.54) is 19.1 Å². The van der Waals surface area contributed by atoms with Crippen LogP contribution in [0.5, 0.6) is 0 Å². The van der Waals surface area contributed by atoms with Crippen molar-refractivity contribution < 1.29 is 28.2 Å². The molecule has 0 bridgehead atoms. The van der Waals surface area contributed by atoms with Gasteiger partial charge in [-0.25, -0.2) is 9.18 Å². The third-order valence-corrected chi connectivity index (χ3v) is 5.52. The molecule has 2 fully saturated rings. The zero-order chi connectivity index (χ0) is 21.2. The number of nitrogens with zero attached hydrogens (tertiary/aromatic N) is 2. The van der Waals surface area contributed by atoms with E-state index in [1.54, 1.807) is 17.0 Å². The number of piperazine rings is 1. The van der Waals surface area contributed by atoms with Crippen molar-refractivity contribution in [3.05, 3.63) is 30.1 Å². The number of nitrogens with two attached hydrogens (primary N) is 1. The Labute approximate surface area is 168 Å². The lowest BCUT2D eigenvalue weighted by atomic mass is 9.91. The van der Waals surface area contributed by atoms with E-state index in [2.05, 4.69) is 0 Å². The first-order valence-electron chi connectivity index (χ1n) is 9.73. The highest BCUT2D eigenvalue weighted by Gasteiger charge is 2.82. The summed E-state index contributed by atoms with van der Waals surface area (Å²) in [5.41, 5.74) is 2.53. The summed E-state index contributed by atoms with van der Waals surface area (Å²) in [5, 5.41) is 0. The molecule has 1 aromatic carbocycles. The standard InChI is InChI=1S/C20H26FN3O5/c1-3-4-13-28-18(27)20(16(22)25)19(2,29-20)17(26)24-11-9-23(10-12-24)15-7-5-14(21)6-8-15/h5-8H,3-4,9-13H2,1-2H3,(H2,22,25). The topological polar surface area (TPSA) is 105 Å². The van der Waals surface area contributed by atoms with Crippen molar-refractivity contribution in [2.24, 2.45) is 5.73 Å². The predicted octanol–water partition coefficient (Wildman–Crippen LogP) is 0.831. The van der Waals surface area contributed by atoms with Crippen LogP contribution in [-0.2, 0) is 23.9 Å². The van der Waals surface area contributed by atoms with Crippen molar-refractivity contribution in [2.45, 2.75) is 37.9 Å². The van der Waals surface area contributed by atoms with Crippen LogP contribution in [0.3, 0.4) is 0 Å². The number of epoxide rings is 1. The molecule has 2 N–H and O–H groups in total. The number of carbonyl (C=O) groups is 3. The number of anilines is 1. The molecule has 1 aromatic rings. The number of amides is 2. The summed E-state index contributed by atoms with van der Waals surface area (Å²) in [5.74, 6) is -2.73. The van der Waals surface area contributed by atoms with Gasteiger partial charge in [0.1, 0.15) is 5.82 Å². The molecule has 8 nitrogen and oxygen atoms in total. The summed E-state index contributed by atoms with van der Waals surface area (Å²) >= 11 is 0. The van der Waals surface area contributed by atoms with Crippen LogP contribution in [-0.4, -0.2) is 66.7 Å². The van der Waals surface area contributed by atoms with Gasteiger partial charge in [0.15, 0.2) is 5.60 Å². The lowest BCUT2D eigenvalue weighted by Crippen LogP contribution is -2.56. The van der Waals surface area contributed by atoms with Crippen LogP contribution in [0.2, 0.25) is 0 Å². The van der Waals surface area contributed by atoms with Gasteiger partial charge in [-0.1, -0.05) is 13.3 Å². The second kappa shape index (κ2) is 7.98. The molecular weight excluding hydrogens is 381 g/mol. The monoisotopic (exact) mass is 407 g/mol. The molecule has 0 aliphatic carbocycles. The molecule has 0 spiro atoms. The second-order valence-corrected chi connectivity index (χ2v) is 7.43. The van der Waals surface area contributed by atoms with Crippen LogP contribution in [0.1, 0.15) is 26.7 Å². The maximum Gasteiger partial charge on any atom is 0.352 e. The van der Waals surface area contributed by atoms with Gasteiger partial charge in [0, 0.05) is 31.9 Å². The summed E-state index contributed by atoms with van der Waals surface area (Å²) in [6.45, 7) is 5.26. The van der Waals surface area contributed by atoms with Gasteiger partial charge in [-0.3, -0.25) is 9.59 Å². The minimum Gasteiger partial charge on any atom is -0.463 e. The van der Waals surface area contributed by atoms with Crippen molar-refractivity contribution in [1.82, 2.24) is 4.90 Å². The average Bonchev–Trinajstić information content (AvgIpc) is 3.37. The fourth-order valence-electron chi connectivity index (χ4n) is 3.63. The van der Waals surface area contributed by atoms with Gasteiger partial charge < -0.3 is 25.0 Å². The number of ether oxygens (including phenoxy) is 2. The van der Waals surface area contributed by atoms with Crippen LogP contribution in [0.4, 0.5) is 10.1 Å². The average molecular weight is 407 g/mol. The number of hydrogen-bond donors (Lipinski definition) is 1. The van der Waals surface area contributed by atoms with E-state index in [9.17, 15) is 18.8 Å². The molecule has 2 amide bonds. The Morgan fingerprint density at radius 2 is 1.79 bits per heavy atom. The summed E-state index contributed by atoms with van der Waals surface area (Å²) in [7, 11) is 0. The molecule has 158 valence electrons. The number of primary amides is 1. The second-order valence-electron chi connectivity index (χ2n) is 7.43. The SMILES string of the molecule is CCCCOC(=O)C1(C(N)=O)OC1(C)C(=O)N1CCN(c2ccc(F)cc2)CC1. The fourth-order valence-corrected chi connectivity index (χ4v) is 3.63. The first-order valence-corrected chi connectivity index (χ1v) is 9.73. The minimum atomic E-state index is -2.08. The van der Waals surface area contributed by atoms with Gasteiger partial charge in [-0.15, -0.1) is 0 Å². The van der Waals surface area contributed by atoms with Gasteiger partial charge in [0.05, 0.1) is 6.61 Å². The van der Waals surface area contributed by atoms with Crippen molar-refractivity contribution in [1.29, 1.82) is 0 Å². The van der Waals surface area contributed by atoms with E-state index in [0.717, 1.165) is 12.1 Å². The van der Waals surface area contributed by atoms with Crippen LogP contribution in [0.15, 0.2) is 24.3 Å². The van der Waals surface area contributed by atoms with Crippen LogP contribution in [0, 0.1) is 5.82 Å². The molecule has 2 saturated heterocycles. The van der Waals surface area contributed by atoms with E-state index in [-0.39, 0.29) is 12.4 Å². The summed E-state index contributed by atoms with van der Waals surface area (Å²) in [6.07, 6.45) is 1.45. The Morgan fingerprint density at radius 3 is 2.34 bits per heavy atom. The molecule has 3 rings (SSSR count). The number of hydrogen-bond acceptors (Lipinski definition) is 6. The van der Waals surface area contributed by atoms with Crippen molar-refractivity contribution in [2.75, 3.05) is 37.7 Å². The highest BCUT2D eigenvalue weighted by Crippen LogP contribution is 2.50. The minimum absolute atomic E-state index is 0.133. The number of benzene rings is 1. The van der Waals surface area contributed by atoms with Gasteiger partial charge in [-0.05, 0) is 37.6 Å². The Bertz CT molecular complexity index is 794. The third kappa shape index (κ3) is 3.66. The highest BCUT2D eigenvalue weighted by atomic mass is 19.1. The lowest BCUT2D eigenvalue weighted by molar-refractivity contribution is -0.154. The smallest absolute Gasteiger partial charge is 0.352 e. The maximum atomic E-state index is 13.1. The van der Waals surface area contributed by atoms with Gasteiger partial charge in [-0.2, -0.15) is 0 Å². The van der Waals surface area contributed by atoms with Gasteiger partial charge in [0.25, 0.3) is 17.4 Å². The number of unbranched alkanes of at least 4 members (excludes halogenated alkanes) is 1. The van der Waals surface area contributed by atoms with Crippen LogP contribution >= 0.6 is 0 Å². The fraction of sp³-hybridized carbons (Fsp3) is 0.550. The molecular formula is C20H26FN3O5. The summed E-state index contributed by atoms with van der Waals surface area (Å²) in [6, 6.07) is 6.14. The quantitative estimate of drug-likeness (QED) is 0.311. The normalized spacial score (nSPS) is 26.2. The molecule has 0 radical (unpaired) electrons. The van der Waals surface area contributed by atoms with Gasteiger partial charge in [0.2, 0.25) is 0 Å². The predicted molar refractivity (Wildman–Crippen MR) is 102 cm³/mol. The van der Waals surface area contributed by atoms with Crippen LogP contribution < -0.4 is 10.6 Å². The van der Waals surface area contributed by atoms with E-state index >= 15 is 0 Å². The van der Waals surface area contributed by atoms with Crippen molar-refractivity contribution in [3.63, 3.8) is 0 Å².